The molecule has 4 rings (SSSR count). The summed E-state index contributed by atoms with van der Waals surface area (Å²) in [7, 11) is 0. The van der Waals surface area contributed by atoms with Gasteiger partial charge in [-0.15, -0.1) is 0 Å². The predicted molar refractivity (Wildman–Crippen MR) is 95.2 cm³/mol. The Labute approximate surface area is 151 Å². The van der Waals surface area contributed by atoms with E-state index in [1.54, 1.807) is 19.3 Å². The minimum absolute atomic E-state index is 0.137. The number of nitrogens with zero attached hydrogens (tertiary/aromatic N) is 4. The number of aromatic nitrogens is 3. The number of aryl methyl sites for hydroxylation is 1. The van der Waals surface area contributed by atoms with Crippen molar-refractivity contribution in [1.29, 1.82) is 0 Å². The van der Waals surface area contributed by atoms with Crippen LogP contribution in [0.3, 0.4) is 0 Å². The number of hydrogen-bond acceptors (Lipinski definition) is 6. The number of amides is 1. The molecule has 0 radical (unpaired) electrons. The fourth-order valence-corrected chi connectivity index (χ4v) is 3.27. The number of carbonyl (C=O) groups is 1. The summed E-state index contributed by atoms with van der Waals surface area (Å²) in [5, 5.41) is 6.73. The second-order valence-electron chi connectivity index (χ2n) is 6.34. The van der Waals surface area contributed by atoms with Crippen molar-refractivity contribution in [1.82, 2.24) is 20.0 Å². The maximum absolute atomic E-state index is 13.1. The third kappa shape index (κ3) is 3.34. The lowest BCUT2D eigenvalue weighted by molar-refractivity contribution is -0.122. The summed E-state index contributed by atoms with van der Waals surface area (Å²) in [5.41, 5.74) is 3.04. The Morgan fingerprint density at radius 2 is 2.15 bits per heavy atom. The van der Waals surface area contributed by atoms with Gasteiger partial charge in [0.05, 0.1) is 5.69 Å². The number of hydrogen-bond donors (Lipinski definition) is 1. The van der Waals surface area contributed by atoms with E-state index in [9.17, 15) is 4.79 Å². The van der Waals surface area contributed by atoms with Gasteiger partial charge >= 0.3 is 0 Å². The van der Waals surface area contributed by atoms with Crippen molar-refractivity contribution >= 4 is 11.7 Å². The van der Waals surface area contributed by atoms with Gasteiger partial charge in [0.25, 0.3) is 0 Å². The number of anilines is 1. The lowest BCUT2D eigenvalue weighted by atomic mass is 9.99. The Balaban J connectivity index is 1.62. The van der Waals surface area contributed by atoms with E-state index in [1.165, 1.54) is 0 Å². The monoisotopic (exact) mass is 349 g/mol. The van der Waals surface area contributed by atoms with Gasteiger partial charge in [0.15, 0.2) is 5.82 Å². The van der Waals surface area contributed by atoms with Crippen molar-refractivity contribution in [3.8, 4) is 0 Å². The molecule has 0 spiro atoms. The average molecular weight is 349 g/mol. The average Bonchev–Trinajstić information content (AvgIpc) is 3.07. The molecule has 1 atom stereocenters. The number of nitrogens with one attached hydrogen (secondary N) is 1. The van der Waals surface area contributed by atoms with Crippen LogP contribution in [0.1, 0.15) is 28.6 Å². The number of fused-ring (bicyclic) bond motifs is 1. The smallest absolute Gasteiger partial charge is 0.247 e. The van der Waals surface area contributed by atoms with Gasteiger partial charge in [-0.2, -0.15) is 0 Å². The first-order chi connectivity index (χ1) is 12.7. The SMILES string of the molecule is Cc1cc(NC(=O)C(c2ccccc2)N2CCc3cncnc3C2)no1. The molecule has 1 aliphatic heterocycles. The maximum Gasteiger partial charge on any atom is 0.247 e. The summed E-state index contributed by atoms with van der Waals surface area (Å²) < 4.78 is 5.05. The van der Waals surface area contributed by atoms with Crippen molar-refractivity contribution in [2.75, 3.05) is 11.9 Å². The first-order valence-corrected chi connectivity index (χ1v) is 8.51. The fourth-order valence-electron chi connectivity index (χ4n) is 3.27. The third-order valence-electron chi connectivity index (χ3n) is 4.51. The molecule has 0 saturated heterocycles. The second kappa shape index (κ2) is 7.05. The summed E-state index contributed by atoms with van der Waals surface area (Å²) >= 11 is 0. The Kier molecular flexibility index (Phi) is 4.45. The maximum atomic E-state index is 13.1. The van der Waals surface area contributed by atoms with E-state index >= 15 is 0 Å². The minimum Gasteiger partial charge on any atom is -0.360 e. The quantitative estimate of drug-likeness (QED) is 0.779. The highest BCUT2D eigenvalue weighted by Gasteiger charge is 2.31. The summed E-state index contributed by atoms with van der Waals surface area (Å²) in [6.45, 7) is 3.15. The number of rotatable bonds is 4. The van der Waals surface area contributed by atoms with Crippen LogP contribution in [0.2, 0.25) is 0 Å². The lowest BCUT2D eigenvalue weighted by Crippen LogP contribution is -2.40. The Morgan fingerprint density at radius 3 is 2.92 bits per heavy atom. The summed E-state index contributed by atoms with van der Waals surface area (Å²) in [4.78, 5) is 23.7. The molecular formula is C19H19N5O2. The van der Waals surface area contributed by atoms with E-state index in [0.29, 0.717) is 18.1 Å². The Bertz CT molecular complexity index is 909. The highest BCUT2D eigenvalue weighted by atomic mass is 16.5. The van der Waals surface area contributed by atoms with E-state index in [4.69, 9.17) is 4.52 Å². The van der Waals surface area contributed by atoms with Crippen molar-refractivity contribution in [3.63, 3.8) is 0 Å². The van der Waals surface area contributed by atoms with Crippen LogP contribution in [0.5, 0.6) is 0 Å². The molecule has 26 heavy (non-hydrogen) atoms. The molecule has 2 aromatic heterocycles. The molecule has 1 N–H and O–H groups in total. The molecule has 1 aliphatic rings. The standard InChI is InChI=1S/C19H19N5O2/c1-13-9-17(23-26-13)22-19(25)18(14-5-3-2-4-6-14)24-8-7-15-10-20-12-21-16(15)11-24/h2-6,9-10,12,18H,7-8,11H2,1H3,(H,22,23,25). The highest BCUT2D eigenvalue weighted by Crippen LogP contribution is 2.28. The topological polar surface area (TPSA) is 84.2 Å². The number of benzene rings is 1. The zero-order valence-corrected chi connectivity index (χ0v) is 14.4. The van der Waals surface area contributed by atoms with Gasteiger partial charge in [0, 0.05) is 25.4 Å². The molecule has 3 heterocycles. The van der Waals surface area contributed by atoms with Crippen LogP contribution in [-0.4, -0.2) is 32.5 Å². The second-order valence-corrected chi connectivity index (χ2v) is 6.34. The van der Waals surface area contributed by atoms with E-state index in [-0.39, 0.29) is 5.91 Å². The molecule has 7 nitrogen and oxygen atoms in total. The van der Waals surface area contributed by atoms with Crippen molar-refractivity contribution < 1.29 is 9.32 Å². The van der Waals surface area contributed by atoms with Crippen LogP contribution in [0, 0.1) is 6.92 Å². The van der Waals surface area contributed by atoms with Crippen LogP contribution in [0.15, 0.2) is 53.4 Å². The first-order valence-electron chi connectivity index (χ1n) is 8.51. The van der Waals surface area contributed by atoms with Crippen LogP contribution < -0.4 is 5.32 Å². The molecule has 132 valence electrons. The van der Waals surface area contributed by atoms with Crippen LogP contribution in [0.25, 0.3) is 0 Å². The van der Waals surface area contributed by atoms with Crippen LogP contribution in [-0.2, 0) is 17.8 Å². The van der Waals surface area contributed by atoms with Gasteiger partial charge in [0.2, 0.25) is 5.91 Å². The van der Waals surface area contributed by atoms with Gasteiger partial charge in [-0.3, -0.25) is 9.69 Å². The Morgan fingerprint density at radius 1 is 1.31 bits per heavy atom. The summed E-state index contributed by atoms with van der Waals surface area (Å²) in [5.74, 6) is 0.940. The third-order valence-corrected chi connectivity index (χ3v) is 4.51. The van der Waals surface area contributed by atoms with Gasteiger partial charge in [-0.1, -0.05) is 35.5 Å². The summed E-state index contributed by atoms with van der Waals surface area (Å²) in [6.07, 6.45) is 4.23. The predicted octanol–water partition coefficient (Wildman–Crippen LogP) is 2.51. The van der Waals surface area contributed by atoms with E-state index in [1.807, 2.05) is 36.5 Å². The zero-order valence-electron chi connectivity index (χ0n) is 14.4. The number of carbonyl (C=O) groups excluding carboxylic acids is 1. The van der Waals surface area contributed by atoms with E-state index in [2.05, 4.69) is 25.3 Å². The van der Waals surface area contributed by atoms with Gasteiger partial charge in [0.1, 0.15) is 18.1 Å². The molecule has 7 heteroatoms. The molecule has 0 aliphatic carbocycles. The van der Waals surface area contributed by atoms with Crippen LogP contribution >= 0.6 is 0 Å². The summed E-state index contributed by atoms with van der Waals surface area (Å²) in [6, 6.07) is 11.0. The Hall–Kier alpha value is -3.06. The molecule has 3 aromatic rings. The van der Waals surface area contributed by atoms with E-state index < -0.39 is 6.04 Å². The highest BCUT2D eigenvalue weighted by molar-refractivity contribution is 5.94. The molecule has 1 unspecified atom stereocenters. The largest absolute Gasteiger partial charge is 0.360 e. The normalized spacial score (nSPS) is 15.3. The van der Waals surface area contributed by atoms with E-state index in [0.717, 1.165) is 29.8 Å². The zero-order chi connectivity index (χ0) is 17.9. The van der Waals surface area contributed by atoms with Gasteiger partial charge in [-0.25, -0.2) is 9.97 Å². The van der Waals surface area contributed by atoms with Gasteiger partial charge in [-0.05, 0) is 24.5 Å². The lowest BCUT2D eigenvalue weighted by Gasteiger charge is -2.34. The van der Waals surface area contributed by atoms with Crippen molar-refractivity contribution in [2.45, 2.75) is 25.9 Å². The first kappa shape index (κ1) is 16.4. The van der Waals surface area contributed by atoms with Gasteiger partial charge < -0.3 is 9.84 Å². The fraction of sp³-hybridized carbons (Fsp3) is 0.263. The molecule has 0 saturated carbocycles. The molecule has 0 fully saturated rings. The molecule has 0 bridgehead atoms. The van der Waals surface area contributed by atoms with Crippen molar-refractivity contribution in [2.24, 2.45) is 0 Å². The minimum atomic E-state index is -0.434. The molecule has 1 amide bonds. The van der Waals surface area contributed by atoms with Crippen molar-refractivity contribution in [3.05, 3.63) is 71.5 Å². The molecular weight excluding hydrogens is 330 g/mol. The van der Waals surface area contributed by atoms with Crippen LogP contribution in [0.4, 0.5) is 5.82 Å². The molecule has 1 aromatic carbocycles.